The lowest BCUT2D eigenvalue weighted by Gasteiger charge is -2.08. The minimum absolute atomic E-state index is 0.0894. The molecule has 3 aromatic heterocycles. The number of nitrogens with one attached hydrogen (secondary N) is 2. The predicted molar refractivity (Wildman–Crippen MR) is 97.0 cm³/mol. The Morgan fingerprint density at radius 3 is 2.92 bits per heavy atom. The number of carbonyl (C=O) groups excluding carboxylic acids is 1. The molecule has 1 aromatic carbocycles. The molecule has 0 aliphatic carbocycles. The number of para-hydroxylation sites is 1. The van der Waals surface area contributed by atoms with Crippen LogP contribution in [0.1, 0.15) is 15.9 Å². The van der Waals surface area contributed by atoms with Crippen LogP contribution >= 0.6 is 11.3 Å². The number of benzene rings is 1. The Morgan fingerprint density at radius 1 is 1.12 bits per heavy atom. The van der Waals surface area contributed by atoms with Crippen molar-refractivity contribution in [3.05, 3.63) is 77.4 Å². The highest BCUT2D eigenvalue weighted by Crippen LogP contribution is 2.26. The minimum Gasteiger partial charge on any atom is -0.360 e. The molecule has 2 N–H and O–H groups in total. The number of aromatic nitrogens is 2. The highest BCUT2D eigenvalue weighted by atomic mass is 32.1. The number of nitrogens with zero attached hydrogens (tertiary/aromatic N) is 1. The van der Waals surface area contributed by atoms with Crippen LogP contribution in [0, 0.1) is 0 Å². The number of carbonyl (C=O) groups is 1. The van der Waals surface area contributed by atoms with Crippen LogP contribution < -0.4 is 5.32 Å². The van der Waals surface area contributed by atoms with Crippen LogP contribution in [0.25, 0.3) is 21.5 Å². The Kier molecular flexibility index (Phi) is 3.84. The van der Waals surface area contributed by atoms with E-state index in [1.165, 1.54) is 0 Å². The normalized spacial score (nSPS) is 10.8. The van der Waals surface area contributed by atoms with E-state index in [9.17, 15) is 4.79 Å². The zero-order valence-corrected chi connectivity index (χ0v) is 13.6. The summed E-state index contributed by atoms with van der Waals surface area (Å²) in [6.45, 7) is 0.444. The molecule has 118 valence electrons. The van der Waals surface area contributed by atoms with Crippen molar-refractivity contribution in [2.45, 2.75) is 6.54 Å². The standard InChI is InChI=1S/C19H15N3OS/c23-19(15-12-21-16-7-2-1-6-14(15)16)22-11-13-5-3-9-20-18(13)17-8-4-10-24-17/h1-10,12,21H,11H2,(H,22,23). The summed E-state index contributed by atoms with van der Waals surface area (Å²) in [4.78, 5) is 21.2. The molecule has 0 fully saturated rings. The lowest BCUT2D eigenvalue weighted by molar-refractivity contribution is 0.0952. The topological polar surface area (TPSA) is 57.8 Å². The van der Waals surface area contributed by atoms with Crippen LogP contribution in [0.5, 0.6) is 0 Å². The average Bonchev–Trinajstić information content (AvgIpc) is 3.29. The van der Waals surface area contributed by atoms with Gasteiger partial charge in [-0.3, -0.25) is 9.78 Å². The van der Waals surface area contributed by atoms with Gasteiger partial charge in [-0.15, -0.1) is 11.3 Å². The van der Waals surface area contributed by atoms with Crippen LogP contribution in [-0.2, 0) is 6.54 Å². The molecule has 0 atom stereocenters. The van der Waals surface area contributed by atoms with Gasteiger partial charge in [0.05, 0.1) is 16.1 Å². The van der Waals surface area contributed by atoms with Gasteiger partial charge in [-0.1, -0.05) is 30.3 Å². The quantitative estimate of drug-likeness (QED) is 0.587. The van der Waals surface area contributed by atoms with Crippen molar-refractivity contribution in [2.24, 2.45) is 0 Å². The largest absolute Gasteiger partial charge is 0.360 e. The smallest absolute Gasteiger partial charge is 0.253 e. The molecule has 0 saturated heterocycles. The second-order valence-corrected chi connectivity index (χ2v) is 6.37. The van der Waals surface area contributed by atoms with Gasteiger partial charge >= 0.3 is 0 Å². The summed E-state index contributed by atoms with van der Waals surface area (Å²) in [6, 6.07) is 15.7. The van der Waals surface area contributed by atoms with Crippen molar-refractivity contribution < 1.29 is 4.79 Å². The van der Waals surface area contributed by atoms with Crippen LogP contribution in [0.2, 0.25) is 0 Å². The van der Waals surface area contributed by atoms with Gasteiger partial charge in [0, 0.05) is 29.8 Å². The summed E-state index contributed by atoms with van der Waals surface area (Å²) in [5, 5.41) is 5.96. The van der Waals surface area contributed by atoms with Crippen molar-refractivity contribution in [3.63, 3.8) is 0 Å². The lowest BCUT2D eigenvalue weighted by atomic mass is 10.1. The maximum atomic E-state index is 12.5. The fourth-order valence-corrected chi connectivity index (χ4v) is 3.50. The van der Waals surface area contributed by atoms with E-state index in [-0.39, 0.29) is 5.91 Å². The molecule has 1 amide bonds. The zero-order valence-electron chi connectivity index (χ0n) is 12.8. The van der Waals surface area contributed by atoms with Gasteiger partial charge in [0.2, 0.25) is 0 Å². The molecule has 5 heteroatoms. The Hall–Kier alpha value is -2.92. The van der Waals surface area contributed by atoms with Crippen molar-refractivity contribution in [1.29, 1.82) is 0 Å². The second-order valence-electron chi connectivity index (χ2n) is 5.42. The molecule has 4 aromatic rings. The van der Waals surface area contributed by atoms with Crippen molar-refractivity contribution >= 4 is 28.1 Å². The summed E-state index contributed by atoms with van der Waals surface area (Å²) in [7, 11) is 0. The van der Waals surface area contributed by atoms with Gasteiger partial charge in [-0.2, -0.15) is 0 Å². The molecule has 4 rings (SSSR count). The highest BCUT2D eigenvalue weighted by Gasteiger charge is 2.13. The number of hydrogen-bond donors (Lipinski definition) is 2. The van der Waals surface area contributed by atoms with Gasteiger partial charge in [-0.05, 0) is 29.1 Å². The van der Waals surface area contributed by atoms with Gasteiger partial charge in [-0.25, -0.2) is 0 Å². The number of fused-ring (bicyclic) bond motifs is 1. The third-order valence-corrected chi connectivity index (χ3v) is 4.80. The average molecular weight is 333 g/mol. The van der Waals surface area contributed by atoms with E-state index in [2.05, 4.69) is 15.3 Å². The Bertz CT molecular complexity index is 989. The first-order valence-corrected chi connectivity index (χ1v) is 8.53. The number of amides is 1. The molecule has 24 heavy (non-hydrogen) atoms. The SMILES string of the molecule is O=C(NCc1cccnc1-c1cccs1)c1c[nH]c2ccccc12. The third-order valence-electron chi connectivity index (χ3n) is 3.92. The summed E-state index contributed by atoms with van der Waals surface area (Å²) in [6.07, 6.45) is 3.53. The molecule has 0 unspecified atom stereocenters. The van der Waals surface area contributed by atoms with Crippen LogP contribution in [0.4, 0.5) is 0 Å². The van der Waals surface area contributed by atoms with E-state index in [1.807, 2.05) is 53.9 Å². The number of rotatable bonds is 4. The molecule has 0 aliphatic heterocycles. The maximum Gasteiger partial charge on any atom is 0.253 e. The monoisotopic (exact) mass is 333 g/mol. The van der Waals surface area contributed by atoms with E-state index in [0.29, 0.717) is 12.1 Å². The molecular weight excluding hydrogens is 318 g/mol. The fraction of sp³-hybridized carbons (Fsp3) is 0.0526. The Labute approximate surface area is 143 Å². The van der Waals surface area contributed by atoms with Crippen LogP contribution in [0.3, 0.4) is 0 Å². The number of hydrogen-bond acceptors (Lipinski definition) is 3. The van der Waals surface area contributed by atoms with Crippen molar-refractivity contribution in [2.75, 3.05) is 0 Å². The summed E-state index contributed by atoms with van der Waals surface area (Å²) >= 11 is 1.64. The van der Waals surface area contributed by atoms with Crippen molar-refractivity contribution in [1.82, 2.24) is 15.3 Å². The first-order valence-electron chi connectivity index (χ1n) is 7.65. The summed E-state index contributed by atoms with van der Waals surface area (Å²) in [5.41, 5.74) is 3.55. The fourth-order valence-electron chi connectivity index (χ4n) is 2.75. The van der Waals surface area contributed by atoms with Gasteiger partial charge in [0.15, 0.2) is 0 Å². The van der Waals surface area contributed by atoms with Crippen LogP contribution in [0.15, 0.2) is 66.3 Å². The molecule has 4 nitrogen and oxygen atoms in total. The second kappa shape index (κ2) is 6.29. The number of pyridine rings is 1. The Morgan fingerprint density at radius 2 is 2.04 bits per heavy atom. The molecule has 0 bridgehead atoms. The third kappa shape index (κ3) is 2.70. The highest BCUT2D eigenvalue weighted by molar-refractivity contribution is 7.13. The molecule has 0 radical (unpaired) electrons. The minimum atomic E-state index is -0.0894. The molecular formula is C19H15N3OS. The van der Waals surface area contributed by atoms with Gasteiger partial charge in [0.25, 0.3) is 5.91 Å². The van der Waals surface area contributed by atoms with E-state index in [4.69, 9.17) is 0 Å². The molecule has 0 spiro atoms. The van der Waals surface area contributed by atoms with Crippen molar-refractivity contribution in [3.8, 4) is 10.6 Å². The number of H-pyrrole nitrogens is 1. The number of aromatic amines is 1. The van der Waals surface area contributed by atoms with Crippen LogP contribution in [-0.4, -0.2) is 15.9 Å². The zero-order chi connectivity index (χ0) is 16.4. The van der Waals surface area contributed by atoms with E-state index in [1.54, 1.807) is 23.7 Å². The predicted octanol–water partition coefficient (Wildman–Crippen LogP) is 4.22. The molecule has 0 saturated carbocycles. The summed E-state index contributed by atoms with van der Waals surface area (Å²) in [5.74, 6) is -0.0894. The van der Waals surface area contributed by atoms with Gasteiger partial charge < -0.3 is 10.3 Å². The van der Waals surface area contributed by atoms with Gasteiger partial charge in [0.1, 0.15) is 0 Å². The lowest BCUT2D eigenvalue weighted by Crippen LogP contribution is -2.23. The van der Waals surface area contributed by atoms with E-state index >= 15 is 0 Å². The number of thiophene rings is 1. The van der Waals surface area contributed by atoms with E-state index in [0.717, 1.165) is 27.0 Å². The van der Waals surface area contributed by atoms with E-state index < -0.39 is 0 Å². The first kappa shape index (κ1) is 14.7. The first-order chi connectivity index (χ1) is 11.8. The molecule has 3 heterocycles. The maximum absolute atomic E-state index is 12.5. The Balaban J connectivity index is 1.56. The summed E-state index contributed by atoms with van der Waals surface area (Å²) < 4.78 is 0. The molecule has 0 aliphatic rings.